The number of amides is 1. The number of halogens is 3. The van der Waals surface area contributed by atoms with E-state index < -0.39 is 11.6 Å². The molecule has 5 nitrogen and oxygen atoms in total. The van der Waals surface area contributed by atoms with Gasteiger partial charge in [-0.15, -0.1) is 0 Å². The summed E-state index contributed by atoms with van der Waals surface area (Å²) in [5, 5.41) is 6.43. The molecule has 1 amide bonds. The van der Waals surface area contributed by atoms with Crippen molar-refractivity contribution in [3.05, 3.63) is 71.2 Å². The molecule has 4 aromatic rings. The molecule has 0 unspecified atom stereocenters. The Balaban J connectivity index is 0.000000217. The second kappa shape index (κ2) is 8.67. The molecule has 1 fully saturated rings. The second-order valence-corrected chi connectivity index (χ2v) is 7.44. The summed E-state index contributed by atoms with van der Waals surface area (Å²) < 4.78 is 45.5. The topological polar surface area (TPSA) is 70.9 Å². The van der Waals surface area contributed by atoms with E-state index in [1.807, 2.05) is 0 Å². The van der Waals surface area contributed by atoms with Gasteiger partial charge in [0.25, 0.3) is 0 Å². The summed E-state index contributed by atoms with van der Waals surface area (Å²) in [7, 11) is 0. The van der Waals surface area contributed by atoms with Crippen LogP contribution in [0.3, 0.4) is 0 Å². The maximum absolute atomic E-state index is 14.1. The number of rotatable bonds is 4. The Kier molecular flexibility index (Phi) is 5.79. The first-order chi connectivity index (χ1) is 15.0. The van der Waals surface area contributed by atoms with Crippen molar-refractivity contribution in [1.82, 2.24) is 10.1 Å². The third-order valence-corrected chi connectivity index (χ3v) is 5.35. The fraction of sp³-hybridized carbons (Fsp3) is 0.217. The monoisotopic (exact) mass is 427 g/mol. The maximum Gasteiger partial charge on any atom is 0.212 e. The van der Waals surface area contributed by atoms with Crippen LogP contribution in [0.1, 0.15) is 36.5 Å². The fourth-order valence-corrected chi connectivity index (χ4v) is 3.70. The largest absolute Gasteiger partial charge is 0.360 e. The Labute approximate surface area is 176 Å². The van der Waals surface area contributed by atoms with Gasteiger partial charge in [-0.1, -0.05) is 11.6 Å². The van der Waals surface area contributed by atoms with Gasteiger partial charge in [-0.05, 0) is 67.1 Å². The number of carbonyl (C=O) groups excluding carboxylic acids is 1. The quantitative estimate of drug-likeness (QED) is 0.388. The average molecular weight is 427 g/mol. The highest BCUT2D eigenvalue weighted by Crippen LogP contribution is 2.45. The van der Waals surface area contributed by atoms with Crippen molar-refractivity contribution in [3.63, 3.8) is 0 Å². The van der Waals surface area contributed by atoms with E-state index in [0.717, 1.165) is 42.1 Å². The summed E-state index contributed by atoms with van der Waals surface area (Å²) in [6.07, 6.45) is 3.70. The minimum Gasteiger partial charge on any atom is -0.360 e. The first kappa shape index (κ1) is 20.7. The van der Waals surface area contributed by atoms with Crippen LogP contribution < -0.4 is 5.32 Å². The minimum atomic E-state index is -0.594. The number of fused-ring (bicyclic) bond motifs is 1. The number of H-pyrrole nitrogens is 1. The van der Waals surface area contributed by atoms with E-state index in [-0.39, 0.29) is 5.82 Å². The van der Waals surface area contributed by atoms with Crippen LogP contribution in [0.4, 0.5) is 19.0 Å². The molecule has 2 heterocycles. The van der Waals surface area contributed by atoms with Crippen LogP contribution in [0.15, 0.2) is 47.0 Å². The number of nitrogens with zero attached hydrogens (tertiary/aromatic N) is 1. The van der Waals surface area contributed by atoms with E-state index >= 15 is 0 Å². The van der Waals surface area contributed by atoms with Gasteiger partial charge in [-0.25, -0.2) is 13.2 Å². The van der Waals surface area contributed by atoms with Gasteiger partial charge >= 0.3 is 0 Å². The van der Waals surface area contributed by atoms with Crippen LogP contribution >= 0.6 is 0 Å². The molecule has 1 aliphatic carbocycles. The lowest BCUT2D eigenvalue weighted by Crippen LogP contribution is -2.09. The number of aromatic nitrogens is 2. The number of anilines is 1. The lowest BCUT2D eigenvalue weighted by Gasteiger charge is -2.26. The summed E-state index contributed by atoms with van der Waals surface area (Å²) in [4.78, 5) is 12.9. The summed E-state index contributed by atoms with van der Waals surface area (Å²) in [6.45, 7) is 1.75. The molecule has 0 aliphatic heterocycles. The molecule has 1 aliphatic rings. The molecule has 0 spiro atoms. The molecular weight excluding hydrogens is 407 g/mol. The lowest BCUT2D eigenvalue weighted by atomic mass is 9.78. The lowest BCUT2D eigenvalue weighted by molar-refractivity contribution is -0.105. The SMILES string of the molecule is Cc1cc(NC=O)no1.Fc1ccc(-c2[nH]c3c(F)cc(F)cc3c2C2CCC2)cc1. The zero-order valence-corrected chi connectivity index (χ0v) is 16.7. The Bertz CT molecular complexity index is 1210. The number of hydrogen-bond donors (Lipinski definition) is 2. The summed E-state index contributed by atoms with van der Waals surface area (Å²) in [5.74, 6) is -0.0571. The molecule has 1 saturated carbocycles. The standard InChI is InChI=1S/C18H14F3N.C5H6N2O2/c19-12-6-4-11(5-7-12)17-16(10-2-1-3-10)14-8-13(20)9-15(21)18(14)22-17;1-4-2-5(6-3-8)7-9-4/h4-10,22H,1-3H2;2-3H,1H3,(H,6,7,8). The van der Waals surface area contributed by atoms with Crippen LogP contribution in [0.25, 0.3) is 22.2 Å². The van der Waals surface area contributed by atoms with Crippen LogP contribution in [-0.4, -0.2) is 16.6 Å². The highest BCUT2D eigenvalue weighted by atomic mass is 19.1. The predicted octanol–water partition coefficient (Wildman–Crippen LogP) is 6.07. The second-order valence-electron chi connectivity index (χ2n) is 7.44. The van der Waals surface area contributed by atoms with Gasteiger partial charge in [0.2, 0.25) is 6.41 Å². The molecule has 2 aromatic heterocycles. The van der Waals surface area contributed by atoms with Crippen molar-refractivity contribution < 1.29 is 22.5 Å². The van der Waals surface area contributed by atoms with Crippen LogP contribution in [0.2, 0.25) is 0 Å². The van der Waals surface area contributed by atoms with Crippen LogP contribution in [0, 0.1) is 24.4 Å². The molecule has 8 heteroatoms. The molecular formula is C23H20F3N3O2. The minimum absolute atomic E-state index is 0.301. The van der Waals surface area contributed by atoms with E-state index in [9.17, 15) is 18.0 Å². The van der Waals surface area contributed by atoms with Crippen molar-refractivity contribution in [1.29, 1.82) is 0 Å². The van der Waals surface area contributed by atoms with Gasteiger partial charge in [0.1, 0.15) is 23.2 Å². The van der Waals surface area contributed by atoms with Gasteiger partial charge in [0, 0.05) is 17.5 Å². The van der Waals surface area contributed by atoms with Crippen molar-refractivity contribution in [3.8, 4) is 11.3 Å². The highest BCUT2D eigenvalue weighted by Gasteiger charge is 2.27. The Morgan fingerprint density at radius 3 is 2.42 bits per heavy atom. The third kappa shape index (κ3) is 4.33. The Morgan fingerprint density at radius 1 is 1.10 bits per heavy atom. The Hall–Kier alpha value is -3.55. The van der Waals surface area contributed by atoms with Gasteiger partial charge < -0.3 is 14.8 Å². The van der Waals surface area contributed by atoms with Crippen LogP contribution in [0.5, 0.6) is 0 Å². The average Bonchev–Trinajstić information content (AvgIpc) is 3.26. The van der Waals surface area contributed by atoms with Gasteiger partial charge in [0.15, 0.2) is 5.82 Å². The number of aromatic amines is 1. The fourth-order valence-electron chi connectivity index (χ4n) is 3.70. The van der Waals surface area contributed by atoms with Crippen molar-refractivity contribution in [2.75, 3.05) is 5.32 Å². The molecule has 0 bridgehead atoms. The number of hydrogen-bond acceptors (Lipinski definition) is 3. The predicted molar refractivity (Wildman–Crippen MR) is 111 cm³/mol. The van der Waals surface area contributed by atoms with E-state index in [4.69, 9.17) is 0 Å². The first-order valence-electron chi connectivity index (χ1n) is 9.86. The van der Waals surface area contributed by atoms with Crippen molar-refractivity contribution in [2.45, 2.75) is 32.1 Å². The molecule has 0 atom stereocenters. The van der Waals surface area contributed by atoms with Gasteiger partial charge in [0.05, 0.1) is 11.2 Å². The normalized spacial score (nSPS) is 13.4. The van der Waals surface area contributed by atoms with Crippen molar-refractivity contribution >= 4 is 23.1 Å². The number of aryl methyl sites for hydroxylation is 1. The smallest absolute Gasteiger partial charge is 0.212 e. The van der Waals surface area contributed by atoms with E-state index in [1.165, 1.54) is 18.2 Å². The highest BCUT2D eigenvalue weighted by molar-refractivity contribution is 5.92. The third-order valence-electron chi connectivity index (χ3n) is 5.35. The molecule has 0 radical (unpaired) electrons. The van der Waals surface area contributed by atoms with E-state index in [0.29, 0.717) is 34.8 Å². The van der Waals surface area contributed by atoms with Gasteiger partial charge in [-0.2, -0.15) is 0 Å². The van der Waals surface area contributed by atoms with Gasteiger partial charge in [-0.3, -0.25) is 4.79 Å². The zero-order valence-electron chi connectivity index (χ0n) is 16.7. The molecule has 2 N–H and O–H groups in total. The molecule has 2 aromatic carbocycles. The number of nitrogens with one attached hydrogen (secondary N) is 2. The molecule has 5 rings (SSSR count). The maximum atomic E-state index is 14.1. The zero-order chi connectivity index (χ0) is 22.0. The van der Waals surface area contributed by atoms with E-state index in [2.05, 4.69) is 20.0 Å². The Morgan fingerprint density at radius 2 is 1.84 bits per heavy atom. The molecule has 31 heavy (non-hydrogen) atoms. The summed E-state index contributed by atoms with van der Waals surface area (Å²) >= 11 is 0. The number of carbonyl (C=O) groups is 1. The molecule has 160 valence electrons. The number of benzene rings is 2. The molecule has 0 saturated heterocycles. The summed E-state index contributed by atoms with van der Waals surface area (Å²) in [6, 6.07) is 9.99. The van der Waals surface area contributed by atoms with Crippen molar-refractivity contribution in [2.24, 2.45) is 0 Å². The first-order valence-corrected chi connectivity index (χ1v) is 9.86. The van der Waals surface area contributed by atoms with E-state index in [1.54, 1.807) is 25.1 Å². The van der Waals surface area contributed by atoms with Crippen LogP contribution in [-0.2, 0) is 4.79 Å². The summed E-state index contributed by atoms with van der Waals surface area (Å²) in [5.41, 5.74) is 2.83.